The Morgan fingerprint density at radius 3 is 2.38 bits per heavy atom. The van der Waals surface area contributed by atoms with Gasteiger partial charge in [-0.15, -0.1) is 5.10 Å². The quantitative estimate of drug-likeness (QED) is 0.0587. The van der Waals surface area contributed by atoms with Gasteiger partial charge >= 0.3 is 6.03 Å². The number of aliphatic hydroxyl groups is 1. The van der Waals surface area contributed by atoms with Crippen LogP contribution in [0.3, 0.4) is 0 Å². The molecule has 2 saturated carbocycles. The first-order chi connectivity index (χ1) is 29.0. The first-order valence-electron chi connectivity index (χ1n) is 20.9. The van der Waals surface area contributed by atoms with E-state index in [0.29, 0.717) is 25.1 Å². The number of urea groups is 1. The number of Topliss-reactive ketones (excluding diaryl/α,β-unsaturated/α-hetero) is 1. The van der Waals surface area contributed by atoms with E-state index in [1.165, 1.54) is 53.2 Å². The number of nitrogens with zero attached hydrogens (tertiary/aromatic N) is 4. The Kier molecular flexibility index (Phi) is 16.2. The molecule has 20 heteroatoms. The predicted octanol–water partition coefficient (Wildman–Crippen LogP) is 1.17. The van der Waals surface area contributed by atoms with Crippen molar-refractivity contribution in [3.63, 3.8) is 0 Å². The molecule has 1 saturated heterocycles. The maximum atomic E-state index is 14.9. The number of nitrogens with one attached hydrogen (secondary N) is 4. The number of primary amides is 1. The summed E-state index contributed by atoms with van der Waals surface area (Å²) >= 11 is 0. The monoisotopic (exact) mass is 869 g/mol. The van der Waals surface area contributed by atoms with Crippen LogP contribution in [0, 0.1) is 5.92 Å². The van der Waals surface area contributed by atoms with E-state index in [1.54, 1.807) is 19.9 Å². The van der Waals surface area contributed by atoms with Crippen LogP contribution in [0.4, 0.5) is 4.79 Å². The summed E-state index contributed by atoms with van der Waals surface area (Å²) in [6.07, 6.45) is 12.0. The lowest BCUT2D eigenvalue weighted by molar-refractivity contribution is -0.141. The topological polar surface area (TPSA) is 274 Å². The number of ether oxygens (including phenoxy) is 1. The average molecular weight is 870 g/mol. The highest BCUT2D eigenvalue weighted by molar-refractivity contribution is 7.91. The van der Waals surface area contributed by atoms with Crippen molar-refractivity contribution in [1.29, 1.82) is 0 Å². The Morgan fingerprint density at radius 2 is 1.74 bits per heavy atom. The number of likely N-dealkylation sites (tertiary alicyclic amines) is 1. The largest absolute Gasteiger partial charge is 0.384 e. The highest BCUT2D eigenvalue weighted by Crippen LogP contribution is 2.33. The zero-order valence-electron chi connectivity index (χ0n) is 35.0. The van der Waals surface area contributed by atoms with Crippen molar-refractivity contribution in [3.05, 3.63) is 53.9 Å². The summed E-state index contributed by atoms with van der Waals surface area (Å²) in [6, 6.07) is 0.842. The number of rotatable bonds is 21. The normalized spacial score (nSPS) is 19.6. The van der Waals surface area contributed by atoms with Gasteiger partial charge in [-0.05, 0) is 76.1 Å². The minimum absolute atomic E-state index is 0.00118. The number of hydrogen-bond acceptors (Lipinski definition) is 12. The SMILES string of the molecule is COCCS(=O)(=O)c1ccc(C(=O)N[C@H](CC2CCCCC2)C(=O)N2C[C@@H](n3nncc3C(C)(C)O)C[C@H]2C(=O)NC(/C=C\CCCNC(=O)NC2CC2)C(=O)C(N)=O)cc1. The van der Waals surface area contributed by atoms with E-state index in [1.807, 2.05) is 0 Å². The number of nitrogens with two attached hydrogens (primary N) is 1. The van der Waals surface area contributed by atoms with Gasteiger partial charge in [0.25, 0.3) is 11.8 Å². The van der Waals surface area contributed by atoms with Crippen LogP contribution in [0.1, 0.15) is 107 Å². The molecule has 19 nitrogen and oxygen atoms in total. The standard InChI is InChI=1S/C41H59N9O10S/c1-41(2,57)34-24-44-48-50(34)29-23-33(38(54)46-31(35(51)36(42)52)12-8-5-9-19-43-40(56)45-28-15-16-28)49(25-29)39(55)32(22-26-10-6-4-7-11-26)47-37(53)27-13-17-30(18-14-27)61(58,59)21-20-60-3/h8,12-14,17-18,24,26,28-29,31-33,57H,4-7,9-11,15-16,19-23,25H2,1-3H3,(H2,42,52)(H,46,54)(H,47,53)(H2,43,45,56)/b12-8-/t29-,31?,32+,33-/m0/s1. The van der Waals surface area contributed by atoms with E-state index < -0.39 is 69.0 Å². The van der Waals surface area contributed by atoms with Gasteiger partial charge in [0.2, 0.25) is 17.6 Å². The Morgan fingerprint density at radius 1 is 1.03 bits per heavy atom. The summed E-state index contributed by atoms with van der Waals surface area (Å²) in [5, 5.41) is 30.1. The number of unbranched alkanes of at least 4 members (excludes halogenated alkanes) is 1. The molecule has 1 aliphatic heterocycles. The number of carbonyl (C=O) groups excluding carboxylic acids is 6. The first kappa shape index (κ1) is 46.8. The Labute approximate surface area is 355 Å². The van der Waals surface area contributed by atoms with Crippen LogP contribution < -0.4 is 27.0 Å². The van der Waals surface area contributed by atoms with Gasteiger partial charge in [-0.3, -0.25) is 24.0 Å². The van der Waals surface area contributed by atoms with E-state index in [9.17, 15) is 42.3 Å². The Balaban J connectivity index is 1.39. The Hall–Kier alpha value is -5.21. The number of methoxy groups -OCH3 is 1. The summed E-state index contributed by atoms with van der Waals surface area (Å²) in [4.78, 5) is 81.4. The fourth-order valence-electron chi connectivity index (χ4n) is 7.70. The van der Waals surface area contributed by atoms with Crippen molar-refractivity contribution < 1.29 is 47.0 Å². The molecule has 1 aromatic heterocycles. The number of benzene rings is 1. The first-order valence-corrected chi connectivity index (χ1v) is 22.5. The van der Waals surface area contributed by atoms with Gasteiger partial charge in [0.15, 0.2) is 9.84 Å². The fourth-order valence-corrected chi connectivity index (χ4v) is 8.87. The lowest BCUT2D eigenvalue weighted by atomic mass is 9.84. The number of ketones is 1. The molecule has 1 unspecified atom stereocenters. The minimum atomic E-state index is -3.66. The summed E-state index contributed by atoms with van der Waals surface area (Å²) in [5.74, 6) is -4.48. The smallest absolute Gasteiger partial charge is 0.315 e. The molecule has 1 aromatic carbocycles. The van der Waals surface area contributed by atoms with E-state index in [4.69, 9.17) is 10.5 Å². The van der Waals surface area contributed by atoms with Crippen LogP contribution in [-0.2, 0) is 39.4 Å². The highest BCUT2D eigenvalue weighted by atomic mass is 32.2. The molecule has 334 valence electrons. The van der Waals surface area contributed by atoms with Gasteiger partial charge in [-0.1, -0.05) is 49.5 Å². The predicted molar refractivity (Wildman–Crippen MR) is 221 cm³/mol. The molecule has 2 aliphatic carbocycles. The third-order valence-electron chi connectivity index (χ3n) is 11.2. The average Bonchev–Trinajstić information content (AvgIpc) is 3.68. The third kappa shape index (κ3) is 13.1. The lowest BCUT2D eigenvalue weighted by Crippen LogP contribution is -2.56. The summed E-state index contributed by atoms with van der Waals surface area (Å²) in [6.45, 7) is 3.36. The van der Waals surface area contributed by atoms with Crippen LogP contribution in [0.25, 0.3) is 0 Å². The van der Waals surface area contributed by atoms with Crippen molar-refractivity contribution in [2.45, 2.75) is 125 Å². The van der Waals surface area contributed by atoms with Gasteiger partial charge in [0, 0.05) is 38.2 Å². The van der Waals surface area contributed by atoms with Gasteiger partial charge in [-0.2, -0.15) is 0 Å². The van der Waals surface area contributed by atoms with E-state index in [0.717, 1.165) is 44.9 Å². The van der Waals surface area contributed by atoms with Crippen LogP contribution >= 0.6 is 0 Å². The molecule has 0 spiro atoms. The van der Waals surface area contributed by atoms with Gasteiger partial charge in [0.1, 0.15) is 23.7 Å². The van der Waals surface area contributed by atoms with E-state index in [2.05, 4.69) is 31.6 Å². The number of amides is 6. The van der Waals surface area contributed by atoms with E-state index in [-0.39, 0.29) is 60.2 Å². The molecule has 0 bridgehead atoms. The molecule has 2 aromatic rings. The zero-order valence-corrected chi connectivity index (χ0v) is 35.8. The summed E-state index contributed by atoms with van der Waals surface area (Å²) in [5.41, 5.74) is 4.43. The molecule has 6 amide bonds. The number of hydrogen-bond donors (Lipinski definition) is 6. The summed E-state index contributed by atoms with van der Waals surface area (Å²) < 4.78 is 31.8. The van der Waals surface area contributed by atoms with Crippen molar-refractivity contribution in [3.8, 4) is 0 Å². The molecule has 61 heavy (non-hydrogen) atoms. The van der Waals surface area contributed by atoms with Crippen LogP contribution in [0.5, 0.6) is 0 Å². The van der Waals surface area contributed by atoms with Crippen molar-refractivity contribution in [2.24, 2.45) is 11.7 Å². The molecule has 3 fully saturated rings. The van der Waals surface area contributed by atoms with Crippen LogP contribution in [-0.4, -0.2) is 126 Å². The third-order valence-corrected chi connectivity index (χ3v) is 12.9. The molecular weight excluding hydrogens is 811 g/mol. The number of sulfone groups is 1. The fraction of sp³-hybridized carbons (Fsp3) is 0.610. The second kappa shape index (κ2) is 21.0. The summed E-state index contributed by atoms with van der Waals surface area (Å²) in [7, 11) is -2.27. The molecular formula is C41H59N9O10S. The number of allylic oxidation sites excluding steroid dienone is 1. The molecule has 4 atom stereocenters. The molecule has 2 heterocycles. The molecule has 7 N–H and O–H groups in total. The van der Waals surface area contributed by atoms with Crippen molar-refractivity contribution >= 4 is 45.3 Å². The van der Waals surface area contributed by atoms with Gasteiger partial charge in [-0.25, -0.2) is 17.9 Å². The maximum Gasteiger partial charge on any atom is 0.315 e. The zero-order chi connectivity index (χ0) is 44.3. The van der Waals surface area contributed by atoms with Gasteiger partial charge < -0.3 is 41.7 Å². The number of aromatic nitrogens is 3. The van der Waals surface area contributed by atoms with Gasteiger partial charge in [0.05, 0.1) is 35.2 Å². The number of carbonyl (C=O) groups is 6. The van der Waals surface area contributed by atoms with Crippen molar-refractivity contribution in [1.82, 2.24) is 41.2 Å². The minimum Gasteiger partial charge on any atom is -0.384 e. The molecule has 3 aliphatic rings. The second-order valence-corrected chi connectivity index (χ2v) is 18.7. The molecule has 0 radical (unpaired) electrons. The van der Waals surface area contributed by atoms with Crippen LogP contribution in [0.15, 0.2) is 47.5 Å². The highest BCUT2D eigenvalue weighted by Gasteiger charge is 2.45. The Bertz CT molecular complexity index is 2020. The second-order valence-electron chi connectivity index (χ2n) is 16.6. The molecule has 5 rings (SSSR count). The maximum absolute atomic E-state index is 14.9. The van der Waals surface area contributed by atoms with Crippen LogP contribution in [0.2, 0.25) is 0 Å². The van der Waals surface area contributed by atoms with Crippen molar-refractivity contribution in [2.75, 3.05) is 32.6 Å². The van der Waals surface area contributed by atoms with E-state index >= 15 is 0 Å². The lowest BCUT2D eigenvalue weighted by Gasteiger charge is -2.32.